The molecule has 112 valence electrons. The van der Waals surface area contributed by atoms with Gasteiger partial charge in [0.1, 0.15) is 11.4 Å². The monoisotopic (exact) mass is 298 g/mol. The molecule has 3 N–H and O–H groups in total. The number of aromatic nitrogens is 3. The Labute approximate surface area is 123 Å². The van der Waals surface area contributed by atoms with E-state index in [2.05, 4.69) is 20.5 Å². The van der Waals surface area contributed by atoms with E-state index in [-0.39, 0.29) is 11.3 Å². The molecule has 2 unspecified atom stereocenters. The first kappa shape index (κ1) is 15.3. The highest BCUT2D eigenvalue weighted by Crippen LogP contribution is 2.37. The number of carboxylic acid groups (broad SMARTS) is 1. The predicted molar refractivity (Wildman–Crippen MR) is 77.9 cm³/mol. The van der Waals surface area contributed by atoms with E-state index in [9.17, 15) is 9.90 Å². The van der Waals surface area contributed by atoms with E-state index in [1.807, 2.05) is 20.8 Å². The fourth-order valence-corrected chi connectivity index (χ4v) is 4.03. The second kappa shape index (κ2) is 6.13. The van der Waals surface area contributed by atoms with Gasteiger partial charge in [-0.2, -0.15) is 0 Å². The number of hydrogen-bond donors (Lipinski definition) is 3. The molecule has 0 radical (unpaired) electrons. The van der Waals surface area contributed by atoms with Crippen LogP contribution in [-0.2, 0) is 4.79 Å². The normalized spacial score (nSPS) is 26.9. The molecule has 0 aromatic carbocycles. The second-order valence-corrected chi connectivity index (χ2v) is 6.99. The van der Waals surface area contributed by atoms with Crippen molar-refractivity contribution < 1.29 is 9.90 Å². The molecule has 1 heterocycles. The maximum Gasteiger partial charge on any atom is 0.323 e. The van der Waals surface area contributed by atoms with Crippen molar-refractivity contribution in [2.75, 3.05) is 0 Å². The molecule has 0 aliphatic heterocycles. The van der Waals surface area contributed by atoms with Crippen LogP contribution in [0.4, 0.5) is 0 Å². The third-order valence-electron chi connectivity index (χ3n) is 3.53. The van der Waals surface area contributed by atoms with E-state index in [4.69, 9.17) is 0 Å². The van der Waals surface area contributed by atoms with Crippen molar-refractivity contribution in [2.24, 2.45) is 0 Å². The maximum absolute atomic E-state index is 11.7. The average molecular weight is 298 g/mol. The first-order valence-electron chi connectivity index (χ1n) is 6.98. The van der Waals surface area contributed by atoms with E-state index in [0.29, 0.717) is 18.0 Å². The van der Waals surface area contributed by atoms with Gasteiger partial charge < -0.3 is 5.11 Å². The van der Waals surface area contributed by atoms with Crippen molar-refractivity contribution >= 4 is 17.7 Å². The lowest BCUT2D eigenvalue weighted by Crippen LogP contribution is -2.57. The zero-order valence-electron chi connectivity index (χ0n) is 12.1. The van der Waals surface area contributed by atoms with Crippen molar-refractivity contribution in [2.45, 2.75) is 68.4 Å². The minimum Gasteiger partial charge on any atom is -0.480 e. The van der Waals surface area contributed by atoms with Crippen LogP contribution in [0.5, 0.6) is 0 Å². The zero-order chi connectivity index (χ0) is 14.8. The van der Waals surface area contributed by atoms with Crippen LogP contribution in [0.1, 0.15) is 45.4 Å². The Hall–Kier alpha value is -1.08. The number of carbonyl (C=O) groups is 1. The van der Waals surface area contributed by atoms with Crippen LogP contribution in [0.3, 0.4) is 0 Å². The van der Waals surface area contributed by atoms with Crippen molar-refractivity contribution in [3.63, 3.8) is 0 Å². The van der Waals surface area contributed by atoms with E-state index < -0.39 is 11.5 Å². The lowest BCUT2D eigenvalue weighted by molar-refractivity contribution is -0.146. The van der Waals surface area contributed by atoms with Crippen LogP contribution in [0.25, 0.3) is 0 Å². The highest BCUT2D eigenvalue weighted by Gasteiger charge is 2.43. The fraction of sp³-hybridized carbons (Fsp3) is 0.769. The minimum atomic E-state index is -0.810. The van der Waals surface area contributed by atoms with Crippen LogP contribution >= 0.6 is 11.8 Å². The van der Waals surface area contributed by atoms with E-state index in [1.165, 1.54) is 0 Å². The number of aliphatic carboxylic acids is 1. The first-order valence-corrected chi connectivity index (χ1v) is 7.86. The lowest BCUT2D eigenvalue weighted by Gasteiger charge is -2.39. The topological polar surface area (TPSA) is 90.9 Å². The van der Waals surface area contributed by atoms with Crippen LogP contribution < -0.4 is 5.32 Å². The number of thioether (sulfide) groups is 1. The quantitative estimate of drug-likeness (QED) is 0.770. The number of H-pyrrole nitrogens is 1. The van der Waals surface area contributed by atoms with Crippen molar-refractivity contribution in [3.05, 3.63) is 5.82 Å². The molecule has 1 aromatic heterocycles. The van der Waals surface area contributed by atoms with Gasteiger partial charge in [-0.25, -0.2) is 4.98 Å². The summed E-state index contributed by atoms with van der Waals surface area (Å²) in [6, 6.07) is 0.153. The number of rotatable bonds is 5. The molecule has 0 saturated heterocycles. The van der Waals surface area contributed by atoms with Gasteiger partial charge in [0.25, 0.3) is 0 Å². The summed E-state index contributed by atoms with van der Waals surface area (Å²) in [6.45, 7) is 5.83. The van der Waals surface area contributed by atoms with Crippen LogP contribution in [0, 0.1) is 6.92 Å². The number of aryl methyl sites for hydroxylation is 1. The Bertz CT molecular complexity index is 477. The molecule has 1 aliphatic rings. The number of hydrogen-bond acceptors (Lipinski definition) is 5. The maximum atomic E-state index is 11.7. The molecule has 0 spiro atoms. The van der Waals surface area contributed by atoms with Gasteiger partial charge in [-0.15, -0.1) is 5.10 Å². The van der Waals surface area contributed by atoms with Crippen molar-refractivity contribution in [3.8, 4) is 0 Å². The van der Waals surface area contributed by atoms with Crippen LogP contribution in [0.15, 0.2) is 5.16 Å². The van der Waals surface area contributed by atoms with Gasteiger partial charge in [-0.3, -0.25) is 15.2 Å². The second-order valence-electron chi connectivity index (χ2n) is 5.73. The molecule has 0 bridgehead atoms. The summed E-state index contributed by atoms with van der Waals surface area (Å²) in [4.78, 5) is 16.0. The predicted octanol–water partition coefficient (Wildman–Crippen LogP) is 1.97. The Balaban J connectivity index is 2.07. The van der Waals surface area contributed by atoms with Crippen molar-refractivity contribution in [1.82, 2.24) is 20.5 Å². The van der Waals surface area contributed by atoms with Gasteiger partial charge in [-0.1, -0.05) is 11.8 Å². The van der Waals surface area contributed by atoms with Gasteiger partial charge in [0.05, 0.1) is 0 Å². The molecule has 2 rings (SSSR count). The minimum absolute atomic E-state index is 0.153. The standard InChI is InChI=1S/C13H22N4O2S/c1-8(2)15-13(11(18)19)6-4-5-10(7-13)20-12-14-9(3)16-17-12/h8,10,15H,4-7H2,1-3H3,(H,18,19)(H,14,16,17). The van der Waals surface area contributed by atoms with Gasteiger partial charge in [0.15, 0.2) is 0 Å². The zero-order valence-corrected chi connectivity index (χ0v) is 13.0. The number of carboxylic acids is 1. The summed E-state index contributed by atoms with van der Waals surface area (Å²) in [5.74, 6) is 0.0378. The van der Waals surface area contributed by atoms with Crippen molar-refractivity contribution in [1.29, 1.82) is 0 Å². The van der Waals surface area contributed by atoms with E-state index in [1.54, 1.807) is 11.8 Å². The van der Waals surface area contributed by atoms with E-state index >= 15 is 0 Å². The van der Waals surface area contributed by atoms with Gasteiger partial charge >= 0.3 is 5.97 Å². The van der Waals surface area contributed by atoms with Gasteiger partial charge in [-0.05, 0) is 46.5 Å². The largest absolute Gasteiger partial charge is 0.480 e. The molecule has 1 saturated carbocycles. The SMILES string of the molecule is Cc1nc(SC2CCCC(NC(C)C)(C(=O)O)C2)n[nH]1. The number of nitrogens with one attached hydrogen (secondary N) is 2. The Morgan fingerprint density at radius 3 is 2.90 bits per heavy atom. The molecule has 0 amide bonds. The third-order valence-corrected chi connectivity index (χ3v) is 4.66. The smallest absolute Gasteiger partial charge is 0.323 e. The van der Waals surface area contributed by atoms with Crippen LogP contribution in [-0.4, -0.2) is 43.1 Å². The van der Waals surface area contributed by atoms with Crippen LogP contribution in [0.2, 0.25) is 0 Å². The molecular formula is C13H22N4O2S. The molecule has 7 heteroatoms. The summed E-state index contributed by atoms with van der Waals surface area (Å²) in [5.41, 5.74) is -0.810. The number of nitrogens with zero attached hydrogens (tertiary/aromatic N) is 2. The summed E-state index contributed by atoms with van der Waals surface area (Å²) < 4.78 is 0. The van der Waals surface area contributed by atoms with Gasteiger partial charge in [0, 0.05) is 11.3 Å². The molecule has 20 heavy (non-hydrogen) atoms. The van der Waals surface area contributed by atoms with Gasteiger partial charge in [0.2, 0.25) is 5.16 Å². The first-order chi connectivity index (χ1) is 9.41. The average Bonchev–Trinajstić information content (AvgIpc) is 2.74. The molecule has 1 aliphatic carbocycles. The summed E-state index contributed by atoms with van der Waals surface area (Å²) >= 11 is 1.58. The molecule has 6 nitrogen and oxygen atoms in total. The van der Waals surface area contributed by atoms with E-state index in [0.717, 1.165) is 18.7 Å². The molecular weight excluding hydrogens is 276 g/mol. The summed E-state index contributed by atoms with van der Waals surface area (Å²) in [6.07, 6.45) is 3.21. The Morgan fingerprint density at radius 2 is 2.35 bits per heavy atom. The molecule has 1 aromatic rings. The Morgan fingerprint density at radius 1 is 1.60 bits per heavy atom. The number of aromatic amines is 1. The lowest BCUT2D eigenvalue weighted by atomic mass is 9.81. The molecule has 2 atom stereocenters. The molecule has 1 fully saturated rings. The summed E-state index contributed by atoms with van der Waals surface area (Å²) in [7, 11) is 0. The highest BCUT2D eigenvalue weighted by atomic mass is 32.2. The highest BCUT2D eigenvalue weighted by molar-refractivity contribution is 7.99. The Kier molecular flexibility index (Phi) is 4.70. The third kappa shape index (κ3) is 3.52. The summed E-state index contributed by atoms with van der Waals surface area (Å²) in [5, 5.41) is 20.8. The fourth-order valence-electron chi connectivity index (χ4n) is 2.79.